The van der Waals surface area contributed by atoms with E-state index in [1.165, 1.54) is 12.1 Å². The van der Waals surface area contributed by atoms with Gasteiger partial charge in [0.1, 0.15) is 5.75 Å². The van der Waals surface area contributed by atoms with Gasteiger partial charge in [0, 0.05) is 5.56 Å². The average Bonchev–Trinajstić information content (AvgIpc) is 3.01. The van der Waals surface area contributed by atoms with Crippen LogP contribution >= 0.6 is 12.4 Å². The van der Waals surface area contributed by atoms with Crippen LogP contribution in [0.3, 0.4) is 0 Å². The zero-order chi connectivity index (χ0) is 18.0. The van der Waals surface area contributed by atoms with Gasteiger partial charge in [-0.1, -0.05) is 0 Å². The van der Waals surface area contributed by atoms with Crippen LogP contribution in [0, 0.1) is 5.92 Å². The topological polar surface area (TPSA) is 80.2 Å². The second kappa shape index (κ2) is 8.13. The predicted molar refractivity (Wildman–Crippen MR) is 90.5 cm³/mol. The third kappa shape index (κ3) is 4.59. The lowest BCUT2D eigenvalue weighted by Gasteiger charge is -2.29. The van der Waals surface area contributed by atoms with Gasteiger partial charge in [-0.15, -0.1) is 17.5 Å². The highest BCUT2D eigenvalue weighted by atomic mass is 35.5. The molecule has 1 fully saturated rings. The molecule has 0 radical (unpaired) electrons. The van der Waals surface area contributed by atoms with Gasteiger partial charge in [0.25, 0.3) is 0 Å². The number of H-pyrrole nitrogens is 1. The van der Waals surface area contributed by atoms with Gasteiger partial charge in [0.2, 0.25) is 5.89 Å². The molecule has 1 aliphatic rings. The lowest BCUT2D eigenvalue weighted by Crippen LogP contribution is -2.35. The SMILES string of the molecule is CC(Oc1cc(-c2n[nH]c(=O)o2)ccc1C(F)(F)F)C1CCNCC1.Cl. The molecule has 10 heteroatoms. The molecular formula is C16H19ClF3N3O3. The number of ether oxygens (including phenoxy) is 1. The van der Waals surface area contributed by atoms with E-state index >= 15 is 0 Å². The maximum absolute atomic E-state index is 13.3. The van der Waals surface area contributed by atoms with Crippen LogP contribution in [0.15, 0.2) is 27.4 Å². The fraction of sp³-hybridized carbons (Fsp3) is 0.500. The molecule has 1 saturated heterocycles. The van der Waals surface area contributed by atoms with Crippen LogP contribution in [0.4, 0.5) is 13.2 Å². The fourth-order valence-corrected chi connectivity index (χ4v) is 2.95. The third-order valence-corrected chi connectivity index (χ3v) is 4.33. The van der Waals surface area contributed by atoms with Gasteiger partial charge in [-0.05, 0) is 57.0 Å². The van der Waals surface area contributed by atoms with E-state index in [2.05, 4.69) is 15.5 Å². The molecule has 6 nitrogen and oxygen atoms in total. The summed E-state index contributed by atoms with van der Waals surface area (Å²) in [6.07, 6.45) is -3.23. The van der Waals surface area contributed by atoms with Crippen molar-refractivity contribution in [2.24, 2.45) is 5.92 Å². The summed E-state index contributed by atoms with van der Waals surface area (Å²) in [5, 5.41) is 8.93. The summed E-state index contributed by atoms with van der Waals surface area (Å²) in [7, 11) is 0. The van der Waals surface area contributed by atoms with Crippen LogP contribution in [-0.2, 0) is 6.18 Å². The number of nitrogens with one attached hydrogen (secondary N) is 2. The van der Waals surface area contributed by atoms with E-state index < -0.39 is 17.5 Å². The molecule has 0 bridgehead atoms. The lowest BCUT2D eigenvalue weighted by atomic mass is 9.93. The zero-order valence-corrected chi connectivity index (χ0v) is 14.7. The highest BCUT2D eigenvalue weighted by molar-refractivity contribution is 5.85. The number of rotatable bonds is 4. The quantitative estimate of drug-likeness (QED) is 0.833. The zero-order valence-electron chi connectivity index (χ0n) is 13.9. The van der Waals surface area contributed by atoms with E-state index in [0.717, 1.165) is 32.0 Å². The van der Waals surface area contributed by atoms with Crippen LogP contribution in [0.1, 0.15) is 25.3 Å². The first kappa shape index (κ1) is 20.3. The van der Waals surface area contributed by atoms with Crippen LogP contribution < -0.4 is 15.8 Å². The average molecular weight is 394 g/mol. The second-order valence-corrected chi connectivity index (χ2v) is 6.04. The Hall–Kier alpha value is -2.00. The van der Waals surface area contributed by atoms with Crippen molar-refractivity contribution in [3.63, 3.8) is 0 Å². The molecule has 2 heterocycles. The molecular weight excluding hydrogens is 375 g/mol. The Bertz CT molecular complexity index is 785. The van der Waals surface area contributed by atoms with Gasteiger partial charge in [0.05, 0.1) is 11.7 Å². The van der Waals surface area contributed by atoms with Crippen molar-refractivity contribution in [1.29, 1.82) is 0 Å². The minimum Gasteiger partial charge on any atom is -0.490 e. The normalized spacial score (nSPS) is 16.8. The number of halogens is 4. The highest BCUT2D eigenvalue weighted by Gasteiger charge is 2.35. The van der Waals surface area contributed by atoms with Crippen LogP contribution in [0.5, 0.6) is 5.75 Å². The molecule has 26 heavy (non-hydrogen) atoms. The minimum atomic E-state index is -4.55. The van der Waals surface area contributed by atoms with Crippen LogP contribution in [0.2, 0.25) is 0 Å². The number of aromatic nitrogens is 2. The number of piperidine rings is 1. The van der Waals surface area contributed by atoms with Crippen molar-refractivity contribution in [3.05, 3.63) is 34.3 Å². The third-order valence-electron chi connectivity index (χ3n) is 4.33. The fourth-order valence-electron chi connectivity index (χ4n) is 2.95. The van der Waals surface area contributed by atoms with Crippen LogP contribution in [-0.4, -0.2) is 29.4 Å². The Labute approximate surface area is 153 Å². The summed E-state index contributed by atoms with van der Waals surface area (Å²) >= 11 is 0. The summed E-state index contributed by atoms with van der Waals surface area (Å²) in [5.74, 6) is -0.977. The number of aromatic amines is 1. The molecule has 2 N–H and O–H groups in total. The molecule has 2 aromatic rings. The maximum Gasteiger partial charge on any atom is 0.434 e. The Balaban J connectivity index is 0.00000243. The number of nitrogens with zero attached hydrogens (tertiary/aromatic N) is 1. The molecule has 144 valence electrons. The number of hydrogen-bond acceptors (Lipinski definition) is 5. The van der Waals surface area contributed by atoms with Crippen LogP contribution in [0.25, 0.3) is 11.5 Å². The molecule has 1 unspecified atom stereocenters. The van der Waals surface area contributed by atoms with Crippen molar-refractivity contribution in [3.8, 4) is 17.2 Å². The minimum absolute atomic E-state index is 0. The van der Waals surface area contributed by atoms with Gasteiger partial charge in [-0.2, -0.15) is 13.2 Å². The number of benzene rings is 1. The molecule has 0 saturated carbocycles. The van der Waals surface area contributed by atoms with E-state index in [1.807, 2.05) is 0 Å². The van der Waals surface area contributed by atoms with Gasteiger partial charge < -0.3 is 14.5 Å². The number of hydrogen-bond donors (Lipinski definition) is 2. The molecule has 0 amide bonds. The number of alkyl halides is 3. The van der Waals surface area contributed by atoms with E-state index in [-0.39, 0.29) is 41.6 Å². The first-order valence-electron chi connectivity index (χ1n) is 7.99. The first-order chi connectivity index (χ1) is 11.8. The van der Waals surface area contributed by atoms with E-state index in [0.29, 0.717) is 0 Å². The monoisotopic (exact) mass is 393 g/mol. The standard InChI is InChI=1S/C16H18F3N3O3.ClH/c1-9(10-4-6-20-7-5-10)24-13-8-11(14-21-22-15(23)25-14)2-3-12(13)16(17,18)19;/h2-3,8-10,20H,4-7H2,1H3,(H,22,23);1H. The van der Waals surface area contributed by atoms with E-state index in [4.69, 9.17) is 9.15 Å². The van der Waals surface area contributed by atoms with Crippen molar-refractivity contribution < 1.29 is 22.3 Å². The smallest absolute Gasteiger partial charge is 0.434 e. The Morgan fingerprint density at radius 3 is 2.58 bits per heavy atom. The van der Waals surface area contributed by atoms with Crippen molar-refractivity contribution >= 4 is 12.4 Å². The summed E-state index contributed by atoms with van der Waals surface area (Å²) in [5.41, 5.74) is -0.631. The Morgan fingerprint density at radius 1 is 1.31 bits per heavy atom. The summed E-state index contributed by atoms with van der Waals surface area (Å²) < 4.78 is 50.4. The summed E-state index contributed by atoms with van der Waals surface area (Å²) in [6, 6.07) is 3.32. The van der Waals surface area contributed by atoms with Crippen molar-refractivity contribution in [2.45, 2.75) is 32.0 Å². The van der Waals surface area contributed by atoms with E-state index in [1.54, 1.807) is 6.92 Å². The van der Waals surface area contributed by atoms with Gasteiger partial charge in [0.15, 0.2) is 0 Å². The van der Waals surface area contributed by atoms with Gasteiger partial charge >= 0.3 is 11.9 Å². The van der Waals surface area contributed by atoms with Gasteiger partial charge in [-0.25, -0.2) is 9.89 Å². The Morgan fingerprint density at radius 2 is 2.00 bits per heavy atom. The lowest BCUT2D eigenvalue weighted by molar-refractivity contribution is -0.139. The van der Waals surface area contributed by atoms with Crippen molar-refractivity contribution in [1.82, 2.24) is 15.5 Å². The summed E-state index contributed by atoms with van der Waals surface area (Å²) in [6.45, 7) is 3.42. The van der Waals surface area contributed by atoms with Gasteiger partial charge in [-0.3, -0.25) is 0 Å². The molecule has 1 atom stereocenters. The Kier molecular flexibility index (Phi) is 6.35. The molecule has 0 aliphatic carbocycles. The summed E-state index contributed by atoms with van der Waals surface area (Å²) in [4.78, 5) is 11.1. The van der Waals surface area contributed by atoms with E-state index in [9.17, 15) is 18.0 Å². The molecule has 1 aliphatic heterocycles. The second-order valence-electron chi connectivity index (χ2n) is 6.04. The predicted octanol–water partition coefficient (Wildman–Crippen LogP) is 3.24. The first-order valence-corrected chi connectivity index (χ1v) is 7.99. The molecule has 0 spiro atoms. The molecule has 3 rings (SSSR count). The maximum atomic E-state index is 13.3. The largest absolute Gasteiger partial charge is 0.490 e. The molecule has 1 aromatic heterocycles. The highest BCUT2D eigenvalue weighted by Crippen LogP contribution is 2.39. The van der Waals surface area contributed by atoms with Crippen molar-refractivity contribution in [2.75, 3.05) is 13.1 Å². The molecule has 1 aromatic carbocycles.